The second-order valence-corrected chi connectivity index (χ2v) is 6.52. The molecule has 4 rings (SSSR count). The standard InChI is InChI=1S/C20H23FN2O/c21-17-8-6-16(7-9-17)20-18-5-2-1-4-15(18)10-12-23(20)19-14-22-11-3-13-24-19/h1-2,4-9,19-20,22H,3,10-14H2/t19-,20-/m0/s1. The van der Waals surface area contributed by atoms with Crippen molar-refractivity contribution in [1.29, 1.82) is 0 Å². The molecule has 1 saturated heterocycles. The largest absolute Gasteiger partial charge is 0.362 e. The Morgan fingerprint density at radius 3 is 2.79 bits per heavy atom. The summed E-state index contributed by atoms with van der Waals surface area (Å²) in [6, 6.07) is 15.6. The molecule has 126 valence electrons. The Morgan fingerprint density at radius 2 is 1.92 bits per heavy atom. The molecule has 2 aromatic carbocycles. The summed E-state index contributed by atoms with van der Waals surface area (Å²) in [5.74, 6) is -0.193. The molecule has 2 atom stereocenters. The van der Waals surface area contributed by atoms with Gasteiger partial charge in [-0.15, -0.1) is 0 Å². The monoisotopic (exact) mass is 326 g/mol. The Bertz CT molecular complexity index is 680. The van der Waals surface area contributed by atoms with Crippen LogP contribution in [0.25, 0.3) is 0 Å². The lowest BCUT2D eigenvalue weighted by Gasteiger charge is -2.42. The molecule has 0 bridgehead atoms. The molecule has 0 amide bonds. The first-order valence-electron chi connectivity index (χ1n) is 8.74. The van der Waals surface area contributed by atoms with E-state index in [4.69, 9.17) is 4.74 Å². The SMILES string of the molecule is Fc1ccc([C@H]2c3ccccc3CCN2[C@@H]2CNCCCO2)cc1. The van der Waals surface area contributed by atoms with E-state index < -0.39 is 0 Å². The van der Waals surface area contributed by atoms with Crippen molar-refractivity contribution in [3.8, 4) is 0 Å². The van der Waals surface area contributed by atoms with Crippen LogP contribution in [-0.4, -0.2) is 37.4 Å². The maximum absolute atomic E-state index is 13.4. The Labute approximate surface area is 142 Å². The van der Waals surface area contributed by atoms with Crippen molar-refractivity contribution in [2.24, 2.45) is 0 Å². The lowest BCUT2D eigenvalue weighted by Crippen LogP contribution is -2.48. The van der Waals surface area contributed by atoms with Crippen molar-refractivity contribution < 1.29 is 9.13 Å². The van der Waals surface area contributed by atoms with Gasteiger partial charge in [0.2, 0.25) is 0 Å². The molecule has 2 heterocycles. The Morgan fingerprint density at radius 1 is 1.08 bits per heavy atom. The van der Waals surface area contributed by atoms with Gasteiger partial charge in [-0.05, 0) is 48.2 Å². The number of ether oxygens (including phenoxy) is 1. The second kappa shape index (κ2) is 7.01. The van der Waals surface area contributed by atoms with Gasteiger partial charge in [-0.25, -0.2) is 4.39 Å². The average molecular weight is 326 g/mol. The molecule has 2 aliphatic heterocycles. The fraction of sp³-hybridized carbons (Fsp3) is 0.400. The molecule has 2 aliphatic rings. The van der Waals surface area contributed by atoms with Gasteiger partial charge in [-0.3, -0.25) is 4.90 Å². The van der Waals surface area contributed by atoms with Crippen molar-refractivity contribution in [2.45, 2.75) is 25.1 Å². The van der Waals surface area contributed by atoms with Crippen LogP contribution in [0.4, 0.5) is 4.39 Å². The van der Waals surface area contributed by atoms with E-state index in [0.717, 1.165) is 44.6 Å². The minimum absolute atomic E-state index is 0.0518. The summed E-state index contributed by atoms with van der Waals surface area (Å²) in [4.78, 5) is 2.42. The van der Waals surface area contributed by atoms with Crippen molar-refractivity contribution in [3.63, 3.8) is 0 Å². The van der Waals surface area contributed by atoms with Gasteiger partial charge in [0.05, 0.1) is 6.04 Å². The molecule has 1 N–H and O–H groups in total. The quantitative estimate of drug-likeness (QED) is 0.918. The molecule has 4 heteroatoms. The van der Waals surface area contributed by atoms with Crippen LogP contribution in [0, 0.1) is 5.82 Å². The zero-order chi connectivity index (χ0) is 16.4. The Balaban J connectivity index is 1.73. The predicted molar refractivity (Wildman–Crippen MR) is 92.3 cm³/mol. The average Bonchev–Trinajstić information content (AvgIpc) is 2.91. The molecule has 3 nitrogen and oxygen atoms in total. The van der Waals surface area contributed by atoms with Crippen LogP contribution in [0.1, 0.15) is 29.2 Å². The van der Waals surface area contributed by atoms with Crippen LogP contribution in [-0.2, 0) is 11.2 Å². The third kappa shape index (κ3) is 3.09. The van der Waals surface area contributed by atoms with Gasteiger partial charge in [0, 0.05) is 19.7 Å². The number of hydrogen-bond acceptors (Lipinski definition) is 3. The normalized spacial score (nSPS) is 25.0. The zero-order valence-electron chi connectivity index (χ0n) is 13.7. The van der Waals surface area contributed by atoms with Crippen LogP contribution in [0.5, 0.6) is 0 Å². The first kappa shape index (κ1) is 15.8. The highest BCUT2D eigenvalue weighted by atomic mass is 19.1. The third-order valence-corrected chi connectivity index (χ3v) is 5.00. The zero-order valence-corrected chi connectivity index (χ0v) is 13.7. The maximum atomic E-state index is 13.4. The van der Waals surface area contributed by atoms with E-state index in [0.29, 0.717) is 0 Å². The molecule has 0 aromatic heterocycles. The van der Waals surface area contributed by atoms with Crippen LogP contribution >= 0.6 is 0 Å². The van der Waals surface area contributed by atoms with E-state index in [2.05, 4.69) is 34.5 Å². The smallest absolute Gasteiger partial charge is 0.123 e. The lowest BCUT2D eigenvalue weighted by molar-refractivity contribution is -0.0661. The van der Waals surface area contributed by atoms with Gasteiger partial charge in [-0.2, -0.15) is 0 Å². The molecule has 2 aromatic rings. The van der Waals surface area contributed by atoms with Crippen molar-refractivity contribution >= 4 is 0 Å². The fourth-order valence-corrected chi connectivity index (χ4v) is 3.83. The number of nitrogens with zero attached hydrogens (tertiary/aromatic N) is 1. The number of benzene rings is 2. The number of fused-ring (bicyclic) bond motifs is 1. The summed E-state index contributed by atoms with van der Waals surface area (Å²) in [7, 11) is 0. The van der Waals surface area contributed by atoms with E-state index in [1.165, 1.54) is 11.1 Å². The van der Waals surface area contributed by atoms with Crippen LogP contribution in [0.3, 0.4) is 0 Å². The Hall–Kier alpha value is -1.75. The van der Waals surface area contributed by atoms with Gasteiger partial charge >= 0.3 is 0 Å². The number of rotatable bonds is 2. The third-order valence-electron chi connectivity index (χ3n) is 5.00. The highest BCUT2D eigenvalue weighted by Crippen LogP contribution is 2.36. The van der Waals surface area contributed by atoms with Gasteiger partial charge in [0.25, 0.3) is 0 Å². The van der Waals surface area contributed by atoms with E-state index in [-0.39, 0.29) is 18.1 Å². The molecule has 0 radical (unpaired) electrons. The van der Waals surface area contributed by atoms with Crippen molar-refractivity contribution in [3.05, 3.63) is 71.0 Å². The molecule has 0 saturated carbocycles. The fourth-order valence-electron chi connectivity index (χ4n) is 3.83. The van der Waals surface area contributed by atoms with Gasteiger partial charge in [0.1, 0.15) is 12.0 Å². The molecule has 0 unspecified atom stereocenters. The molecular formula is C20H23FN2O. The predicted octanol–water partition coefficient (Wildman–Crippen LogP) is 3.11. The minimum Gasteiger partial charge on any atom is -0.362 e. The van der Waals surface area contributed by atoms with Crippen LogP contribution in [0.15, 0.2) is 48.5 Å². The van der Waals surface area contributed by atoms with Crippen molar-refractivity contribution in [1.82, 2.24) is 10.2 Å². The second-order valence-electron chi connectivity index (χ2n) is 6.52. The van der Waals surface area contributed by atoms with Crippen molar-refractivity contribution in [2.75, 3.05) is 26.2 Å². The summed E-state index contributed by atoms with van der Waals surface area (Å²) < 4.78 is 19.5. The van der Waals surface area contributed by atoms with Gasteiger partial charge in [-0.1, -0.05) is 36.4 Å². The number of nitrogens with one attached hydrogen (secondary N) is 1. The van der Waals surface area contributed by atoms with Gasteiger partial charge < -0.3 is 10.1 Å². The van der Waals surface area contributed by atoms with E-state index in [1.807, 2.05) is 12.1 Å². The highest BCUT2D eigenvalue weighted by Gasteiger charge is 2.34. The first-order valence-corrected chi connectivity index (χ1v) is 8.74. The van der Waals surface area contributed by atoms with E-state index in [9.17, 15) is 4.39 Å². The van der Waals surface area contributed by atoms with Crippen LogP contribution < -0.4 is 5.32 Å². The molecule has 1 fully saturated rings. The molecular weight excluding hydrogens is 303 g/mol. The summed E-state index contributed by atoms with van der Waals surface area (Å²) in [5.41, 5.74) is 3.81. The minimum atomic E-state index is -0.193. The molecule has 24 heavy (non-hydrogen) atoms. The summed E-state index contributed by atoms with van der Waals surface area (Å²) in [6.07, 6.45) is 2.12. The van der Waals surface area contributed by atoms with Crippen LogP contribution in [0.2, 0.25) is 0 Å². The summed E-state index contributed by atoms with van der Waals surface area (Å²) in [6.45, 7) is 3.57. The Kier molecular flexibility index (Phi) is 4.60. The van der Waals surface area contributed by atoms with Gasteiger partial charge in [0.15, 0.2) is 0 Å². The maximum Gasteiger partial charge on any atom is 0.123 e. The molecule has 0 aliphatic carbocycles. The summed E-state index contributed by atoms with van der Waals surface area (Å²) >= 11 is 0. The number of halogens is 1. The molecule has 0 spiro atoms. The van der Waals surface area contributed by atoms with E-state index in [1.54, 1.807) is 12.1 Å². The highest BCUT2D eigenvalue weighted by molar-refractivity contribution is 5.39. The summed E-state index contributed by atoms with van der Waals surface area (Å²) in [5, 5.41) is 3.47. The van der Waals surface area contributed by atoms with E-state index >= 15 is 0 Å². The topological polar surface area (TPSA) is 24.5 Å². The first-order chi connectivity index (χ1) is 11.8. The lowest BCUT2D eigenvalue weighted by atomic mass is 9.88. The number of hydrogen-bond donors (Lipinski definition) is 1.